The standard InChI is InChI=1S/C17H19N3O3S/c1-24-10-15(21)19-8-14-9-20(16(22)23-14)13-4-2-12(3-5-13)17(11-18)6-7-17/h2-5,14H,6-10H2,1H3,(H,19,21)/t14-/m0/s1. The van der Waals surface area contributed by atoms with E-state index in [1.165, 1.54) is 11.8 Å². The number of carbonyl (C=O) groups excluding carboxylic acids is 2. The molecule has 1 aromatic rings. The molecule has 6 nitrogen and oxygen atoms in total. The van der Waals surface area contributed by atoms with Crippen molar-refractivity contribution in [2.24, 2.45) is 0 Å². The molecular formula is C17H19N3O3S. The molecule has 1 aliphatic carbocycles. The monoisotopic (exact) mass is 345 g/mol. The zero-order valence-electron chi connectivity index (χ0n) is 13.4. The van der Waals surface area contributed by atoms with Crippen molar-refractivity contribution in [1.29, 1.82) is 5.26 Å². The summed E-state index contributed by atoms with van der Waals surface area (Å²) in [5, 5.41) is 12.0. The number of benzene rings is 1. The van der Waals surface area contributed by atoms with Crippen LogP contribution >= 0.6 is 11.8 Å². The quantitative estimate of drug-likeness (QED) is 0.853. The van der Waals surface area contributed by atoms with Gasteiger partial charge in [-0.15, -0.1) is 0 Å². The lowest BCUT2D eigenvalue weighted by Gasteiger charge is -2.14. The second-order valence-corrected chi connectivity index (χ2v) is 6.96. The Morgan fingerprint density at radius 2 is 2.17 bits per heavy atom. The Hall–Kier alpha value is -2.20. The lowest BCUT2D eigenvalue weighted by atomic mass is 9.97. The fourth-order valence-electron chi connectivity index (χ4n) is 2.80. The number of nitriles is 1. The van der Waals surface area contributed by atoms with Crippen molar-refractivity contribution in [2.75, 3.05) is 30.0 Å². The van der Waals surface area contributed by atoms with E-state index in [0.717, 1.165) is 24.1 Å². The van der Waals surface area contributed by atoms with Crippen LogP contribution in [-0.4, -0.2) is 43.2 Å². The van der Waals surface area contributed by atoms with Crippen molar-refractivity contribution < 1.29 is 14.3 Å². The molecule has 2 aliphatic rings. The molecule has 1 heterocycles. The predicted octanol–water partition coefficient (Wildman–Crippen LogP) is 2.05. The topological polar surface area (TPSA) is 82.4 Å². The van der Waals surface area contributed by atoms with Crippen LogP contribution < -0.4 is 10.2 Å². The maximum absolute atomic E-state index is 12.0. The molecule has 0 radical (unpaired) electrons. The van der Waals surface area contributed by atoms with Gasteiger partial charge in [-0.3, -0.25) is 9.69 Å². The summed E-state index contributed by atoms with van der Waals surface area (Å²) in [5.74, 6) is 0.333. The fraction of sp³-hybridized carbons (Fsp3) is 0.471. The molecule has 1 N–H and O–H groups in total. The largest absolute Gasteiger partial charge is 0.442 e. The van der Waals surface area contributed by atoms with Gasteiger partial charge in [-0.2, -0.15) is 17.0 Å². The van der Waals surface area contributed by atoms with E-state index in [0.29, 0.717) is 18.8 Å². The zero-order chi connectivity index (χ0) is 17.2. The van der Waals surface area contributed by atoms with Gasteiger partial charge >= 0.3 is 6.09 Å². The molecule has 24 heavy (non-hydrogen) atoms. The number of rotatable bonds is 6. The molecule has 7 heteroatoms. The summed E-state index contributed by atoms with van der Waals surface area (Å²) in [4.78, 5) is 25.1. The number of nitrogens with zero attached hydrogens (tertiary/aromatic N) is 2. The number of thioether (sulfide) groups is 1. The number of hydrogen-bond acceptors (Lipinski definition) is 5. The van der Waals surface area contributed by atoms with Gasteiger partial charge in [-0.1, -0.05) is 12.1 Å². The normalized spacial score (nSPS) is 21.1. The molecule has 0 spiro atoms. The first-order valence-corrected chi connectivity index (χ1v) is 9.23. The Labute approximate surface area is 145 Å². The first-order valence-electron chi connectivity index (χ1n) is 7.83. The second-order valence-electron chi connectivity index (χ2n) is 6.09. The summed E-state index contributed by atoms with van der Waals surface area (Å²) >= 11 is 1.45. The summed E-state index contributed by atoms with van der Waals surface area (Å²) in [5.41, 5.74) is 1.42. The highest BCUT2D eigenvalue weighted by Crippen LogP contribution is 2.47. The van der Waals surface area contributed by atoms with Gasteiger partial charge in [0.15, 0.2) is 0 Å². The summed E-state index contributed by atoms with van der Waals surface area (Å²) in [6.45, 7) is 0.721. The van der Waals surface area contributed by atoms with Gasteiger partial charge in [-0.25, -0.2) is 4.79 Å². The molecule has 0 aromatic heterocycles. The first-order chi connectivity index (χ1) is 11.6. The lowest BCUT2D eigenvalue weighted by Crippen LogP contribution is -2.35. The Morgan fingerprint density at radius 3 is 2.75 bits per heavy atom. The van der Waals surface area contributed by atoms with E-state index >= 15 is 0 Å². The maximum Gasteiger partial charge on any atom is 0.414 e. The average molecular weight is 345 g/mol. The van der Waals surface area contributed by atoms with Crippen LogP contribution in [-0.2, 0) is 14.9 Å². The SMILES string of the molecule is CSCC(=O)NC[C@H]1CN(c2ccc(C3(C#N)CC3)cc2)C(=O)O1. The highest BCUT2D eigenvalue weighted by molar-refractivity contribution is 7.99. The smallest absolute Gasteiger partial charge is 0.414 e. The minimum atomic E-state index is -0.409. The highest BCUT2D eigenvalue weighted by Gasteiger charge is 2.44. The van der Waals surface area contributed by atoms with Crippen molar-refractivity contribution >= 4 is 29.4 Å². The van der Waals surface area contributed by atoms with Crippen molar-refractivity contribution in [3.8, 4) is 6.07 Å². The van der Waals surface area contributed by atoms with Crippen molar-refractivity contribution in [3.63, 3.8) is 0 Å². The molecule has 1 saturated carbocycles. The Balaban J connectivity index is 1.60. The average Bonchev–Trinajstić information content (AvgIpc) is 3.30. The van der Waals surface area contributed by atoms with Gasteiger partial charge < -0.3 is 10.1 Å². The van der Waals surface area contributed by atoms with Crippen LogP contribution in [0.15, 0.2) is 24.3 Å². The summed E-state index contributed by atoms with van der Waals surface area (Å²) in [6, 6.07) is 9.88. The number of nitrogens with one attached hydrogen (secondary N) is 1. The van der Waals surface area contributed by atoms with Gasteiger partial charge in [0.2, 0.25) is 5.91 Å². The third kappa shape index (κ3) is 3.34. The minimum Gasteiger partial charge on any atom is -0.442 e. The van der Waals surface area contributed by atoms with E-state index < -0.39 is 6.09 Å². The van der Waals surface area contributed by atoms with Crippen molar-refractivity contribution in [3.05, 3.63) is 29.8 Å². The molecule has 0 unspecified atom stereocenters. The third-order valence-corrected chi connectivity index (χ3v) is 4.92. The first kappa shape index (κ1) is 16.7. The maximum atomic E-state index is 12.0. The Bertz CT molecular complexity index is 679. The number of amides is 2. The summed E-state index contributed by atoms with van der Waals surface area (Å²) in [7, 11) is 0. The predicted molar refractivity (Wildman–Crippen MR) is 92.0 cm³/mol. The van der Waals surface area contributed by atoms with E-state index in [4.69, 9.17) is 4.74 Å². The molecule has 3 rings (SSSR count). The van der Waals surface area contributed by atoms with E-state index in [1.807, 2.05) is 30.5 Å². The molecule has 126 valence electrons. The van der Waals surface area contributed by atoms with Crippen LogP contribution in [0.5, 0.6) is 0 Å². The number of anilines is 1. The molecule has 0 bridgehead atoms. The number of ether oxygens (including phenoxy) is 1. The van der Waals surface area contributed by atoms with Crippen LogP contribution in [0.25, 0.3) is 0 Å². The van der Waals surface area contributed by atoms with Crippen LogP contribution in [0.3, 0.4) is 0 Å². The molecule has 1 aromatic carbocycles. The van der Waals surface area contributed by atoms with Crippen molar-refractivity contribution in [2.45, 2.75) is 24.4 Å². The van der Waals surface area contributed by atoms with Gasteiger partial charge in [-0.05, 0) is 36.8 Å². The van der Waals surface area contributed by atoms with Gasteiger partial charge in [0.25, 0.3) is 0 Å². The number of carbonyl (C=O) groups is 2. The van der Waals surface area contributed by atoms with Crippen molar-refractivity contribution in [1.82, 2.24) is 5.32 Å². The van der Waals surface area contributed by atoms with Gasteiger partial charge in [0.1, 0.15) is 6.10 Å². The summed E-state index contributed by atoms with van der Waals surface area (Å²) < 4.78 is 5.30. The zero-order valence-corrected chi connectivity index (χ0v) is 14.3. The highest BCUT2D eigenvalue weighted by atomic mass is 32.2. The fourth-order valence-corrected chi connectivity index (χ4v) is 3.16. The molecule has 1 aliphatic heterocycles. The van der Waals surface area contributed by atoms with E-state index in [1.54, 1.807) is 4.90 Å². The van der Waals surface area contributed by atoms with Crippen LogP contribution in [0, 0.1) is 11.3 Å². The Morgan fingerprint density at radius 1 is 1.46 bits per heavy atom. The van der Waals surface area contributed by atoms with E-state index in [-0.39, 0.29) is 17.4 Å². The lowest BCUT2D eigenvalue weighted by molar-refractivity contribution is -0.118. The number of cyclic esters (lactones) is 1. The van der Waals surface area contributed by atoms with E-state index in [2.05, 4.69) is 11.4 Å². The molecule has 1 saturated heterocycles. The number of hydrogen-bond donors (Lipinski definition) is 1. The molecular weight excluding hydrogens is 326 g/mol. The van der Waals surface area contributed by atoms with Gasteiger partial charge in [0, 0.05) is 5.69 Å². The van der Waals surface area contributed by atoms with Crippen LogP contribution in [0.2, 0.25) is 0 Å². The minimum absolute atomic E-state index is 0.0624. The van der Waals surface area contributed by atoms with E-state index in [9.17, 15) is 14.9 Å². The second kappa shape index (κ2) is 6.73. The van der Waals surface area contributed by atoms with Crippen LogP contribution in [0.4, 0.5) is 10.5 Å². The molecule has 2 amide bonds. The summed E-state index contributed by atoms with van der Waals surface area (Å²) in [6.07, 6.45) is 2.89. The molecule has 2 fully saturated rings. The Kier molecular flexibility index (Phi) is 4.67. The third-order valence-electron chi connectivity index (χ3n) is 4.37. The van der Waals surface area contributed by atoms with Gasteiger partial charge in [0.05, 0.1) is 30.3 Å². The molecule has 1 atom stereocenters. The van der Waals surface area contributed by atoms with Crippen LogP contribution in [0.1, 0.15) is 18.4 Å².